The number of methoxy groups -OCH3 is 1. The van der Waals surface area contributed by atoms with Crippen LogP contribution in [-0.2, 0) is 4.79 Å². The van der Waals surface area contributed by atoms with E-state index in [0.717, 1.165) is 36.1 Å². The molecule has 5 heteroatoms. The number of para-hydroxylation sites is 3. The number of carbonyl (C=O) groups is 1. The quantitative estimate of drug-likeness (QED) is 0.337. The van der Waals surface area contributed by atoms with E-state index in [4.69, 9.17) is 9.47 Å². The van der Waals surface area contributed by atoms with Gasteiger partial charge in [-0.05, 0) is 30.3 Å². The van der Waals surface area contributed by atoms with E-state index in [9.17, 15) is 4.79 Å². The topological polar surface area (TPSA) is 42.0 Å². The summed E-state index contributed by atoms with van der Waals surface area (Å²) >= 11 is 0. The molecule has 1 saturated heterocycles. The Labute approximate surface area is 176 Å². The largest absolute Gasteiger partial charge is 0.493 e. The lowest BCUT2D eigenvalue weighted by Crippen LogP contribution is -2.31. The molecule has 1 aliphatic heterocycles. The molecule has 3 aromatic rings. The normalized spacial score (nSPS) is 13.9. The summed E-state index contributed by atoms with van der Waals surface area (Å²) in [5.41, 5.74) is 3.06. The molecule has 4 rings (SSSR count). The zero-order valence-electron chi connectivity index (χ0n) is 16.9. The Morgan fingerprint density at radius 3 is 1.97 bits per heavy atom. The minimum Gasteiger partial charge on any atom is -0.493 e. The van der Waals surface area contributed by atoms with Gasteiger partial charge < -0.3 is 19.3 Å². The molecule has 0 radical (unpaired) electrons. The van der Waals surface area contributed by atoms with Gasteiger partial charge in [-0.3, -0.25) is 0 Å². The first-order valence-electron chi connectivity index (χ1n) is 9.87. The Morgan fingerprint density at radius 1 is 0.900 bits per heavy atom. The van der Waals surface area contributed by atoms with Gasteiger partial charge in [-0.2, -0.15) is 0 Å². The van der Waals surface area contributed by atoms with Crippen LogP contribution < -0.4 is 19.3 Å². The molecule has 0 aromatic heterocycles. The van der Waals surface area contributed by atoms with Gasteiger partial charge in [-0.25, -0.2) is 4.79 Å². The van der Waals surface area contributed by atoms with Gasteiger partial charge in [0.2, 0.25) is 0 Å². The van der Waals surface area contributed by atoms with Crippen LogP contribution in [-0.4, -0.2) is 26.2 Å². The van der Waals surface area contributed by atoms with Crippen LogP contribution in [0.15, 0.2) is 91.5 Å². The number of carbonyl (C=O) groups excluding carboxylic acids is 1. The third kappa shape index (κ3) is 3.74. The molecule has 0 saturated carbocycles. The SMILES string of the molecule is C=CC(=O)Oc1c(OC)cccc1C1N(c2ccccc2)CCN1c1ccccc1. The van der Waals surface area contributed by atoms with Crippen LogP contribution in [0.4, 0.5) is 11.4 Å². The molecule has 3 aromatic carbocycles. The molecule has 0 amide bonds. The van der Waals surface area contributed by atoms with E-state index >= 15 is 0 Å². The predicted octanol–water partition coefficient (Wildman–Crippen LogP) is 4.81. The molecule has 0 unspecified atom stereocenters. The van der Waals surface area contributed by atoms with E-state index in [1.165, 1.54) is 0 Å². The third-order valence-electron chi connectivity index (χ3n) is 5.22. The maximum absolute atomic E-state index is 12.1. The van der Waals surface area contributed by atoms with Gasteiger partial charge in [0.15, 0.2) is 11.5 Å². The summed E-state index contributed by atoms with van der Waals surface area (Å²) in [6.45, 7) is 5.19. The number of benzene rings is 3. The minimum atomic E-state index is -0.517. The summed E-state index contributed by atoms with van der Waals surface area (Å²) < 4.78 is 11.2. The number of esters is 1. The fourth-order valence-electron chi connectivity index (χ4n) is 3.89. The summed E-state index contributed by atoms with van der Waals surface area (Å²) in [6, 6.07) is 26.2. The van der Waals surface area contributed by atoms with Crippen LogP contribution in [0.25, 0.3) is 0 Å². The maximum atomic E-state index is 12.1. The van der Waals surface area contributed by atoms with Crippen molar-refractivity contribution in [3.8, 4) is 11.5 Å². The van der Waals surface area contributed by atoms with Gasteiger partial charge >= 0.3 is 5.97 Å². The van der Waals surface area contributed by atoms with E-state index < -0.39 is 5.97 Å². The molecule has 0 spiro atoms. The van der Waals surface area contributed by atoms with Crippen LogP contribution in [0.3, 0.4) is 0 Å². The molecule has 0 bridgehead atoms. The highest BCUT2D eigenvalue weighted by atomic mass is 16.6. The molecule has 30 heavy (non-hydrogen) atoms. The lowest BCUT2D eigenvalue weighted by atomic mass is 10.1. The first kappa shape index (κ1) is 19.6. The van der Waals surface area contributed by atoms with Crippen molar-refractivity contribution in [2.24, 2.45) is 0 Å². The number of hydrogen-bond donors (Lipinski definition) is 0. The fourth-order valence-corrected chi connectivity index (χ4v) is 3.89. The van der Waals surface area contributed by atoms with Crippen molar-refractivity contribution in [2.75, 3.05) is 30.0 Å². The second-order valence-electron chi connectivity index (χ2n) is 6.94. The first-order chi connectivity index (χ1) is 14.7. The van der Waals surface area contributed by atoms with Gasteiger partial charge in [0.1, 0.15) is 6.17 Å². The smallest absolute Gasteiger partial charge is 0.335 e. The molecule has 0 atom stereocenters. The number of anilines is 2. The number of nitrogens with zero attached hydrogens (tertiary/aromatic N) is 2. The molecular weight excluding hydrogens is 376 g/mol. The number of ether oxygens (including phenoxy) is 2. The summed E-state index contributed by atoms with van der Waals surface area (Å²) in [5, 5.41) is 0. The Balaban J connectivity index is 1.86. The van der Waals surface area contributed by atoms with E-state index in [1.54, 1.807) is 13.2 Å². The molecule has 1 aliphatic rings. The van der Waals surface area contributed by atoms with Gasteiger partial charge in [-0.15, -0.1) is 0 Å². The highest BCUT2D eigenvalue weighted by molar-refractivity contribution is 5.84. The van der Waals surface area contributed by atoms with Crippen LogP contribution in [0.2, 0.25) is 0 Å². The minimum absolute atomic E-state index is 0.169. The van der Waals surface area contributed by atoms with Crippen LogP contribution in [0, 0.1) is 0 Å². The molecule has 5 nitrogen and oxygen atoms in total. The Bertz CT molecular complexity index is 974. The summed E-state index contributed by atoms with van der Waals surface area (Å²) in [7, 11) is 1.57. The van der Waals surface area contributed by atoms with Gasteiger partial charge in [0.05, 0.1) is 7.11 Å². The van der Waals surface area contributed by atoms with Crippen molar-refractivity contribution in [1.82, 2.24) is 0 Å². The van der Waals surface area contributed by atoms with Crippen molar-refractivity contribution >= 4 is 17.3 Å². The Morgan fingerprint density at radius 2 is 1.47 bits per heavy atom. The highest BCUT2D eigenvalue weighted by Crippen LogP contribution is 2.44. The standard InChI is InChI=1S/C25H24N2O3/c1-3-23(28)30-24-21(15-10-16-22(24)29-2)25-26(19-11-6-4-7-12-19)17-18-27(25)20-13-8-5-9-14-20/h3-16,25H,1,17-18H2,2H3. The van der Waals surface area contributed by atoms with Gasteiger partial charge in [0, 0.05) is 36.1 Å². The second-order valence-corrected chi connectivity index (χ2v) is 6.94. The van der Waals surface area contributed by atoms with E-state index in [-0.39, 0.29) is 6.17 Å². The average Bonchev–Trinajstić information content (AvgIpc) is 3.25. The fraction of sp³-hybridized carbons (Fsp3) is 0.160. The Kier molecular flexibility index (Phi) is 5.70. The Hall–Kier alpha value is -3.73. The average molecular weight is 400 g/mol. The third-order valence-corrected chi connectivity index (χ3v) is 5.22. The zero-order chi connectivity index (χ0) is 20.9. The maximum Gasteiger partial charge on any atom is 0.335 e. The molecule has 1 heterocycles. The second kappa shape index (κ2) is 8.74. The highest BCUT2D eigenvalue weighted by Gasteiger charge is 2.36. The zero-order valence-corrected chi connectivity index (χ0v) is 16.9. The summed E-state index contributed by atoms with van der Waals surface area (Å²) in [6.07, 6.45) is 0.993. The monoisotopic (exact) mass is 400 g/mol. The van der Waals surface area contributed by atoms with Crippen LogP contribution >= 0.6 is 0 Å². The van der Waals surface area contributed by atoms with Crippen LogP contribution in [0.1, 0.15) is 11.7 Å². The molecule has 1 fully saturated rings. The number of rotatable bonds is 6. The predicted molar refractivity (Wildman–Crippen MR) is 119 cm³/mol. The molecular formula is C25H24N2O3. The lowest BCUT2D eigenvalue weighted by molar-refractivity contribution is -0.129. The number of hydrogen-bond acceptors (Lipinski definition) is 5. The van der Waals surface area contributed by atoms with E-state index in [0.29, 0.717) is 11.5 Å². The van der Waals surface area contributed by atoms with Crippen molar-refractivity contribution in [3.63, 3.8) is 0 Å². The molecule has 0 N–H and O–H groups in total. The molecule has 0 aliphatic carbocycles. The van der Waals surface area contributed by atoms with E-state index in [1.807, 2.05) is 48.5 Å². The van der Waals surface area contributed by atoms with Crippen molar-refractivity contribution in [1.29, 1.82) is 0 Å². The van der Waals surface area contributed by atoms with Gasteiger partial charge in [0.25, 0.3) is 0 Å². The van der Waals surface area contributed by atoms with Crippen molar-refractivity contribution in [3.05, 3.63) is 97.1 Å². The van der Waals surface area contributed by atoms with Gasteiger partial charge in [-0.1, -0.05) is 55.1 Å². The summed E-state index contributed by atoms with van der Waals surface area (Å²) in [4.78, 5) is 16.7. The van der Waals surface area contributed by atoms with Crippen molar-refractivity contribution in [2.45, 2.75) is 6.17 Å². The van der Waals surface area contributed by atoms with Crippen LogP contribution in [0.5, 0.6) is 11.5 Å². The molecule has 152 valence electrons. The summed E-state index contributed by atoms with van der Waals surface area (Å²) in [5.74, 6) is 0.408. The lowest BCUT2D eigenvalue weighted by Gasteiger charge is -2.34. The van der Waals surface area contributed by atoms with E-state index in [2.05, 4.69) is 40.6 Å². The van der Waals surface area contributed by atoms with Crippen molar-refractivity contribution < 1.29 is 14.3 Å². The first-order valence-corrected chi connectivity index (χ1v) is 9.87.